The predicted molar refractivity (Wildman–Crippen MR) is 77.6 cm³/mol. The van der Waals surface area contributed by atoms with Gasteiger partial charge in [-0.2, -0.15) is 0 Å². The molecule has 0 nitrogen and oxygen atoms in total. The van der Waals surface area contributed by atoms with Crippen molar-refractivity contribution in [3.8, 4) is 0 Å². The Morgan fingerprint density at radius 3 is 1.88 bits per heavy atom. The van der Waals surface area contributed by atoms with E-state index in [1.807, 2.05) is 0 Å². The molecule has 0 amide bonds. The molecule has 0 saturated heterocycles. The molecule has 0 aliphatic heterocycles. The van der Waals surface area contributed by atoms with Gasteiger partial charge in [0.05, 0.1) is 4.32 Å². The van der Waals surface area contributed by atoms with Crippen LogP contribution in [-0.2, 0) is 4.32 Å². The van der Waals surface area contributed by atoms with Gasteiger partial charge in [-0.15, -0.1) is 0 Å². The molecule has 0 heterocycles. The maximum Gasteiger partial charge on any atom is 0.0543 e. The number of benzene rings is 2. The summed E-state index contributed by atoms with van der Waals surface area (Å²) in [5.74, 6) is 0.422. The highest BCUT2D eigenvalue weighted by Gasteiger charge is 2.30. The average Bonchev–Trinajstić information content (AvgIpc) is 2.40. The fraction of sp³-hybridized carbons (Fsp3) is 0.250. The fourth-order valence-corrected chi connectivity index (χ4v) is 2.60. The number of alkyl halides is 1. The van der Waals surface area contributed by atoms with Crippen LogP contribution in [0.3, 0.4) is 0 Å². The standard InChI is InChI=1S/C16H17Br/c1-13(14-9-5-3-6-10-14)16(2,17)15-11-7-4-8-12-15/h3-13H,1-2H3. The molecule has 17 heavy (non-hydrogen) atoms. The quantitative estimate of drug-likeness (QED) is 0.689. The highest BCUT2D eigenvalue weighted by Crippen LogP contribution is 2.43. The summed E-state index contributed by atoms with van der Waals surface area (Å²) in [6, 6.07) is 21.2. The van der Waals surface area contributed by atoms with E-state index in [4.69, 9.17) is 0 Å². The zero-order chi connectivity index (χ0) is 12.3. The van der Waals surface area contributed by atoms with Gasteiger partial charge in [-0.05, 0) is 18.1 Å². The molecule has 0 N–H and O–H groups in total. The van der Waals surface area contributed by atoms with Crippen LogP contribution in [0, 0.1) is 0 Å². The lowest BCUT2D eigenvalue weighted by Crippen LogP contribution is -2.21. The van der Waals surface area contributed by atoms with Crippen LogP contribution in [0.15, 0.2) is 60.7 Å². The minimum Gasteiger partial charge on any atom is -0.0798 e. The van der Waals surface area contributed by atoms with Crippen molar-refractivity contribution >= 4 is 15.9 Å². The van der Waals surface area contributed by atoms with Crippen molar-refractivity contribution in [3.63, 3.8) is 0 Å². The zero-order valence-corrected chi connectivity index (χ0v) is 11.8. The first-order valence-electron chi connectivity index (χ1n) is 5.92. The molecule has 2 aromatic rings. The Kier molecular flexibility index (Phi) is 3.68. The van der Waals surface area contributed by atoms with Gasteiger partial charge in [0.1, 0.15) is 0 Å². The van der Waals surface area contributed by atoms with E-state index in [2.05, 4.69) is 90.4 Å². The van der Waals surface area contributed by atoms with E-state index in [1.54, 1.807) is 0 Å². The van der Waals surface area contributed by atoms with Crippen LogP contribution in [0.25, 0.3) is 0 Å². The van der Waals surface area contributed by atoms with Gasteiger partial charge in [-0.1, -0.05) is 83.5 Å². The minimum absolute atomic E-state index is 0.0321. The smallest absolute Gasteiger partial charge is 0.0543 e. The van der Waals surface area contributed by atoms with Crippen LogP contribution >= 0.6 is 15.9 Å². The van der Waals surface area contributed by atoms with Crippen LogP contribution in [0.2, 0.25) is 0 Å². The fourth-order valence-electron chi connectivity index (χ4n) is 2.07. The summed E-state index contributed by atoms with van der Waals surface area (Å²) in [5.41, 5.74) is 2.67. The summed E-state index contributed by atoms with van der Waals surface area (Å²) in [5, 5.41) is 0. The zero-order valence-electron chi connectivity index (χ0n) is 10.2. The molecule has 0 fully saturated rings. The monoisotopic (exact) mass is 288 g/mol. The maximum absolute atomic E-state index is 3.89. The Bertz CT molecular complexity index is 459. The van der Waals surface area contributed by atoms with E-state index in [0.717, 1.165) is 0 Å². The van der Waals surface area contributed by atoms with E-state index in [1.165, 1.54) is 11.1 Å². The van der Waals surface area contributed by atoms with E-state index in [-0.39, 0.29) is 4.32 Å². The highest BCUT2D eigenvalue weighted by atomic mass is 79.9. The molecule has 2 atom stereocenters. The van der Waals surface area contributed by atoms with E-state index in [0.29, 0.717) is 5.92 Å². The molecule has 2 aromatic carbocycles. The van der Waals surface area contributed by atoms with E-state index < -0.39 is 0 Å². The van der Waals surface area contributed by atoms with Gasteiger partial charge < -0.3 is 0 Å². The Morgan fingerprint density at radius 2 is 1.35 bits per heavy atom. The summed E-state index contributed by atoms with van der Waals surface area (Å²) >= 11 is 3.89. The van der Waals surface area contributed by atoms with Gasteiger partial charge >= 0.3 is 0 Å². The SMILES string of the molecule is CC(c1ccccc1)C(C)(Br)c1ccccc1. The second-order valence-corrected chi connectivity index (χ2v) is 6.22. The normalized spacial score (nSPS) is 16.2. The second-order valence-electron chi connectivity index (χ2n) is 4.57. The van der Waals surface area contributed by atoms with Crippen molar-refractivity contribution in [2.24, 2.45) is 0 Å². The molecular formula is C16H17Br. The molecular weight excluding hydrogens is 272 g/mol. The molecule has 0 saturated carbocycles. The first-order valence-corrected chi connectivity index (χ1v) is 6.71. The van der Waals surface area contributed by atoms with Gasteiger partial charge in [0.25, 0.3) is 0 Å². The number of rotatable bonds is 3. The van der Waals surface area contributed by atoms with Gasteiger partial charge in [0.2, 0.25) is 0 Å². The van der Waals surface area contributed by atoms with Crippen LogP contribution in [0.1, 0.15) is 30.9 Å². The van der Waals surface area contributed by atoms with Crippen LogP contribution in [0.4, 0.5) is 0 Å². The topological polar surface area (TPSA) is 0 Å². The first kappa shape index (κ1) is 12.4. The lowest BCUT2D eigenvalue weighted by atomic mass is 9.84. The first-order chi connectivity index (χ1) is 8.12. The molecule has 0 aliphatic rings. The van der Waals surface area contributed by atoms with Crippen LogP contribution in [-0.4, -0.2) is 0 Å². The summed E-state index contributed by atoms with van der Waals surface area (Å²) in [4.78, 5) is 0. The van der Waals surface area contributed by atoms with Crippen LogP contribution < -0.4 is 0 Å². The largest absolute Gasteiger partial charge is 0.0798 e. The molecule has 0 bridgehead atoms. The summed E-state index contributed by atoms with van der Waals surface area (Å²) in [6.45, 7) is 4.50. The number of halogens is 1. The number of hydrogen-bond acceptors (Lipinski definition) is 0. The Labute approximate surface area is 112 Å². The molecule has 1 heteroatoms. The predicted octanol–water partition coefficient (Wildman–Crippen LogP) is 5.10. The van der Waals surface area contributed by atoms with Crippen LogP contribution in [0.5, 0.6) is 0 Å². The summed E-state index contributed by atoms with van der Waals surface area (Å²) in [6.07, 6.45) is 0. The van der Waals surface area contributed by atoms with E-state index in [9.17, 15) is 0 Å². The molecule has 88 valence electrons. The lowest BCUT2D eigenvalue weighted by Gasteiger charge is -2.30. The molecule has 2 rings (SSSR count). The van der Waals surface area contributed by atoms with Crippen molar-refractivity contribution in [2.75, 3.05) is 0 Å². The summed E-state index contributed by atoms with van der Waals surface area (Å²) in [7, 11) is 0. The van der Waals surface area contributed by atoms with Gasteiger partial charge in [0.15, 0.2) is 0 Å². The van der Waals surface area contributed by atoms with Gasteiger partial charge in [0, 0.05) is 5.92 Å². The Morgan fingerprint density at radius 1 is 0.882 bits per heavy atom. The van der Waals surface area contributed by atoms with Gasteiger partial charge in [-0.25, -0.2) is 0 Å². The molecule has 0 radical (unpaired) electrons. The third-order valence-corrected chi connectivity index (χ3v) is 4.60. The third kappa shape index (κ3) is 2.61. The van der Waals surface area contributed by atoms with Gasteiger partial charge in [-0.3, -0.25) is 0 Å². The molecule has 0 aliphatic carbocycles. The van der Waals surface area contributed by atoms with Crippen molar-refractivity contribution in [1.82, 2.24) is 0 Å². The molecule has 0 aromatic heterocycles. The Balaban J connectivity index is 2.33. The second kappa shape index (κ2) is 5.05. The Hall–Kier alpha value is -1.08. The van der Waals surface area contributed by atoms with Crippen molar-refractivity contribution in [1.29, 1.82) is 0 Å². The third-order valence-electron chi connectivity index (χ3n) is 3.45. The number of hydrogen-bond donors (Lipinski definition) is 0. The minimum atomic E-state index is -0.0321. The maximum atomic E-state index is 3.89. The lowest BCUT2D eigenvalue weighted by molar-refractivity contribution is 0.580. The van der Waals surface area contributed by atoms with Crippen molar-refractivity contribution < 1.29 is 0 Å². The van der Waals surface area contributed by atoms with Crippen molar-refractivity contribution in [3.05, 3.63) is 71.8 Å². The molecule has 2 unspecified atom stereocenters. The van der Waals surface area contributed by atoms with E-state index >= 15 is 0 Å². The molecule has 0 spiro atoms. The average molecular weight is 289 g/mol. The highest BCUT2D eigenvalue weighted by molar-refractivity contribution is 9.09. The summed E-state index contributed by atoms with van der Waals surface area (Å²) < 4.78 is -0.0321. The van der Waals surface area contributed by atoms with Crippen molar-refractivity contribution in [2.45, 2.75) is 24.1 Å².